The molecule has 0 bridgehead atoms. The van der Waals surface area contributed by atoms with Crippen molar-refractivity contribution in [3.8, 4) is 0 Å². The van der Waals surface area contributed by atoms with Crippen molar-refractivity contribution in [2.45, 2.75) is 64.8 Å². The largest absolute Gasteiger partial charge is 0.329 e. The van der Waals surface area contributed by atoms with E-state index in [0.717, 1.165) is 13.1 Å². The molecule has 0 amide bonds. The molecule has 0 rings (SSSR count). The Morgan fingerprint density at radius 3 is 2.13 bits per heavy atom. The van der Waals surface area contributed by atoms with E-state index >= 15 is 0 Å². The van der Waals surface area contributed by atoms with Gasteiger partial charge in [0.1, 0.15) is 0 Å². The molecule has 0 fully saturated rings. The summed E-state index contributed by atoms with van der Waals surface area (Å²) in [7, 11) is 2.18. The van der Waals surface area contributed by atoms with Crippen molar-refractivity contribution in [1.29, 1.82) is 0 Å². The number of rotatable bonds is 9. The normalized spacial score (nSPS) is 15.6. The fourth-order valence-electron chi connectivity index (χ4n) is 1.94. The Balaban J connectivity index is 3.78. The summed E-state index contributed by atoms with van der Waals surface area (Å²) >= 11 is 0. The fourth-order valence-corrected chi connectivity index (χ4v) is 1.94. The van der Waals surface area contributed by atoms with Crippen LogP contribution in [0.5, 0.6) is 0 Å². The summed E-state index contributed by atoms with van der Waals surface area (Å²) in [5, 5.41) is 0. The molecule has 0 aromatic heterocycles. The van der Waals surface area contributed by atoms with Crippen molar-refractivity contribution in [2.24, 2.45) is 5.73 Å². The summed E-state index contributed by atoms with van der Waals surface area (Å²) in [5.41, 5.74) is 6.09. The monoisotopic (exact) mass is 214 g/mol. The maximum atomic E-state index is 5.88. The molecular weight excluding hydrogens is 184 g/mol. The lowest BCUT2D eigenvalue weighted by molar-refractivity contribution is 0.137. The standard InChI is InChI=1S/C13H30N2/c1-5-7-8-9-10-11-13(3,12-14)15(4)6-2/h5-12,14H2,1-4H3. The van der Waals surface area contributed by atoms with Gasteiger partial charge in [0.25, 0.3) is 0 Å². The minimum absolute atomic E-state index is 0.209. The predicted octanol–water partition coefficient (Wildman–Crippen LogP) is 3.02. The lowest BCUT2D eigenvalue weighted by atomic mass is 9.92. The predicted molar refractivity (Wildman–Crippen MR) is 69.1 cm³/mol. The molecule has 0 heterocycles. The number of hydrogen-bond acceptors (Lipinski definition) is 2. The highest BCUT2D eigenvalue weighted by molar-refractivity contribution is 4.84. The van der Waals surface area contributed by atoms with E-state index in [4.69, 9.17) is 5.73 Å². The van der Waals surface area contributed by atoms with E-state index < -0.39 is 0 Å². The van der Waals surface area contributed by atoms with Gasteiger partial charge in [0.2, 0.25) is 0 Å². The number of nitrogens with two attached hydrogens (primary N) is 1. The first-order chi connectivity index (χ1) is 7.10. The van der Waals surface area contributed by atoms with Gasteiger partial charge in [-0.3, -0.25) is 4.90 Å². The summed E-state index contributed by atoms with van der Waals surface area (Å²) in [6, 6.07) is 0. The van der Waals surface area contributed by atoms with Crippen LogP contribution in [-0.2, 0) is 0 Å². The van der Waals surface area contributed by atoms with Crippen LogP contribution in [0.3, 0.4) is 0 Å². The topological polar surface area (TPSA) is 29.3 Å². The molecule has 1 unspecified atom stereocenters. The second-order valence-corrected chi connectivity index (χ2v) is 4.88. The Morgan fingerprint density at radius 2 is 1.67 bits per heavy atom. The van der Waals surface area contributed by atoms with Gasteiger partial charge in [0, 0.05) is 12.1 Å². The molecule has 0 aromatic rings. The zero-order valence-corrected chi connectivity index (χ0v) is 11.2. The van der Waals surface area contributed by atoms with Gasteiger partial charge in [0.05, 0.1) is 0 Å². The maximum absolute atomic E-state index is 5.88. The molecule has 15 heavy (non-hydrogen) atoms. The highest BCUT2D eigenvalue weighted by atomic mass is 15.2. The van der Waals surface area contributed by atoms with Gasteiger partial charge >= 0.3 is 0 Å². The molecule has 0 saturated heterocycles. The Labute approximate surface area is 96.2 Å². The molecule has 0 spiro atoms. The van der Waals surface area contributed by atoms with E-state index in [1.54, 1.807) is 0 Å². The van der Waals surface area contributed by atoms with Crippen molar-refractivity contribution in [2.75, 3.05) is 20.1 Å². The highest BCUT2D eigenvalue weighted by Crippen LogP contribution is 2.20. The molecule has 0 saturated carbocycles. The molecule has 0 aliphatic carbocycles. The van der Waals surface area contributed by atoms with Gasteiger partial charge < -0.3 is 5.73 Å². The van der Waals surface area contributed by atoms with E-state index in [9.17, 15) is 0 Å². The number of unbranched alkanes of at least 4 members (excludes halogenated alkanes) is 4. The maximum Gasteiger partial charge on any atom is 0.0300 e. The van der Waals surface area contributed by atoms with Crippen LogP contribution in [0.1, 0.15) is 59.3 Å². The first-order valence-corrected chi connectivity index (χ1v) is 6.52. The van der Waals surface area contributed by atoms with Crippen molar-refractivity contribution < 1.29 is 0 Å². The second kappa shape index (κ2) is 8.12. The Kier molecular flexibility index (Phi) is 8.07. The zero-order chi connectivity index (χ0) is 11.7. The number of hydrogen-bond donors (Lipinski definition) is 1. The van der Waals surface area contributed by atoms with Crippen molar-refractivity contribution >= 4 is 0 Å². The quantitative estimate of drug-likeness (QED) is 0.598. The van der Waals surface area contributed by atoms with Gasteiger partial charge in [-0.2, -0.15) is 0 Å². The molecule has 2 N–H and O–H groups in total. The third kappa shape index (κ3) is 5.53. The Morgan fingerprint density at radius 1 is 1.07 bits per heavy atom. The number of likely N-dealkylation sites (N-methyl/N-ethyl adjacent to an activating group) is 1. The lowest BCUT2D eigenvalue weighted by Gasteiger charge is -2.37. The van der Waals surface area contributed by atoms with E-state index in [2.05, 4.69) is 32.7 Å². The van der Waals surface area contributed by atoms with E-state index in [-0.39, 0.29) is 5.54 Å². The van der Waals surface area contributed by atoms with Crippen LogP contribution in [0.4, 0.5) is 0 Å². The molecular formula is C13H30N2. The average molecular weight is 214 g/mol. The molecule has 0 aliphatic rings. The minimum Gasteiger partial charge on any atom is -0.329 e. The summed E-state index contributed by atoms with van der Waals surface area (Å²) in [5.74, 6) is 0. The molecule has 0 radical (unpaired) electrons. The van der Waals surface area contributed by atoms with Crippen molar-refractivity contribution in [1.82, 2.24) is 4.90 Å². The van der Waals surface area contributed by atoms with Crippen LogP contribution in [0.25, 0.3) is 0 Å². The van der Waals surface area contributed by atoms with E-state index in [1.165, 1.54) is 38.5 Å². The molecule has 0 aliphatic heterocycles. The van der Waals surface area contributed by atoms with Crippen LogP contribution >= 0.6 is 0 Å². The first kappa shape index (κ1) is 14.9. The Bertz CT molecular complexity index is 147. The van der Waals surface area contributed by atoms with Gasteiger partial charge in [-0.05, 0) is 26.9 Å². The van der Waals surface area contributed by atoms with Gasteiger partial charge in [-0.1, -0.05) is 46.0 Å². The molecule has 2 nitrogen and oxygen atoms in total. The molecule has 2 heteroatoms. The summed E-state index contributed by atoms with van der Waals surface area (Å²) in [6.07, 6.45) is 8.00. The van der Waals surface area contributed by atoms with E-state index in [1.807, 2.05) is 0 Å². The second-order valence-electron chi connectivity index (χ2n) is 4.88. The summed E-state index contributed by atoms with van der Waals surface area (Å²) < 4.78 is 0. The lowest BCUT2D eigenvalue weighted by Crippen LogP contribution is -2.49. The van der Waals surface area contributed by atoms with Crippen LogP contribution in [0, 0.1) is 0 Å². The molecule has 92 valence electrons. The zero-order valence-electron chi connectivity index (χ0n) is 11.2. The van der Waals surface area contributed by atoms with E-state index in [0.29, 0.717) is 0 Å². The highest BCUT2D eigenvalue weighted by Gasteiger charge is 2.25. The van der Waals surface area contributed by atoms with Crippen molar-refractivity contribution in [3.63, 3.8) is 0 Å². The van der Waals surface area contributed by atoms with Gasteiger partial charge in [-0.25, -0.2) is 0 Å². The average Bonchev–Trinajstić information content (AvgIpc) is 2.27. The molecule has 1 atom stereocenters. The first-order valence-electron chi connectivity index (χ1n) is 6.52. The summed E-state index contributed by atoms with van der Waals surface area (Å²) in [4.78, 5) is 2.38. The fraction of sp³-hybridized carbons (Fsp3) is 1.00. The van der Waals surface area contributed by atoms with Crippen molar-refractivity contribution in [3.05, 3.63) is 0 Å². The van der Waals surface area contributed by atoms with Crippen LogP contribution in [-0.4, -0.2) is 30.6 Å². The summed E-state index contributed by atoms with van der Waals surface area (Å²) in [6.45, 7) is 8.60. The van der Waals surface area contributed by atoms with Crippen LogP contribution in [0.2, 0.25) is 0 Å². The van der Waals surface area contributed by atoms with Gasteiger partial charge in [0.15, 0.2) is 0 Å². The van der Waals surface area contributed by atoms with Crippen LogP contribution < -0.4 is 5.73 Å². The van der Waals surface area contributed by atoms with Gasteiger partial charge in [-0.15, -0.1) is 0 Å². The Hall–Kier alpha value is -0.0800. The molecule has 0 aromatic carbocycles. The minimum atomic E-state index is 0.209. The number of nitrogens with zero attached hydrogens (tertiary/aromatic N) is 1. The SMILES string of the molecule is CCCCCCCC(C)(CN)N(C)CC. The smallest absolute Gasteiger partial charge is 0.0300 e. The third-order valence-corrected chi connectivity index (χ3v) is 3.65. The third-order valence-electron chi connectivity index (χ3n) is 3.65. The van der Waals surface area contributed by atoms with Crippen LogP contribution in [0.15, 0.2) is 0 Å².